The summed E-state index contributed by atoms with van der Waals surface area (Å²) in [5.41, 5.74) is 0.605. The SMILES string of the molecule is CCCNc1ccc(Cl)c(CN2CCCS2(=O)=O)n1. The van der Waals surface area contributed by atoms with Crippen LogP contribution in [0.15, 0.2) is 12.1 Å². The van der Waals surface area contributed by atoms with Crippen molar-refractivity contribution in [1.29, 1.82) is 0 Å². The molecule has 106 valence electrons. The van der Waals surface area contributed by atoms with Gasteiger partial charge in [-0.1, -0.05) is 18.5 Å². The Morgan fingerprint density at radius 2 is 2.26 bits per heavy atom. The Morgan fingerprint density at radius 3 is 2.89 bits per heavy atom. The van der Waals surface area contributed by atoms with Crippen LogP contribution in [0.3, 0.4) is 0 Å². The van der Waals surface area contributed by atoms with Gasteiger partial charge in [0.25, 0.3) is 0 Å². The van der Waals surface area contributed by atoms with E-state index >= 15 is 0 Å². The topological polar surface area (TPSA) is 62.3 Å². The summed E-state index contributed by atoms with van der Waals surface area (Å²) in [5.74, 6) is 0.955. The normalized spacial score (nSPS) is 18.6. The highest BCUT2D eigenvalue weighted by molar-refractivity contribution is 7.89. The second-order valence-corrected chi connectivity index (χ2v) is 7.05. The highest BCUT2D eigenvalue weighted by Gasteiger charge is 2.29. The predicted molar refractivity (Wildman–Crippen MR) is 76.8 cm³/mol. The van der Waals surface area contributed by atoms with Gasteiger partial charge in [0.15, 0.2) is 0 Å². The van der Waals surface area contributed by atoms with Gasteiger partial charge in [0, 0.05) is 13.1 Å². The molecule has 0 saturated carbocycles. The molecule has 1 aromatic rings. The molecule has 0 spiro atoms. The van der Waals surface area contributed by atoms with Crippen LogP contribution < -0.4 is 5.32 Å². The Labute approximate surface area is 119 Å². The van der Waals surface area contributed by atoms with Crippen LogP contribution in [0.5, 0.6) is 0 Å². The maximum Gasteiger partial charge on any atom is 0.214 e. The molecule has 0 amide bonds. The zero-order valence-corrected chi connectivity index (χ0v) is 12.5. The third-order valence-electron chi connectivity index (χ3n) is 3.00. The minimum atomic E-state index is -3.12. The molecule has 7 heteroatoms. The van der Waals surface area contributed by atoms with Crippen molar-refractivity contribution >= 4 is 27.4 Å². The third-order valence-corrected chi connectivity index (χ3v) is 5.25. The lowest BCUT2D eigenvalue weighted by Gasteiger charge is -2.15. The number of anilines is 1. The van der Waals surface area contributed by atoms with Crippen LogP contribution in [-0.2, 0) is 16.6 Å². The van der Waals surface area contributed by atoms with Gasteiger partial charge in [-0.05, 0) is 25.0 Å². The number of nitrogens with one attached hydrogen (secondary N) is 1. The van der Waals surface area contributed by atoms with Crippen molar-refractivity contribution in [3.05, 3.63) is 22.8 Å². The summed E-state index contributed by atoms with van der Waals surface area (Å²) < 4.78 is 25.0. The van der Waals surface area contributed by atoms with Crippen molar-refractivity contribution in [2.75, 3.05) is 24.2 Å². The van der Waals surface area contributed by atoms with Gasteiger partial charge < -0.3 is 5.32 Å². The van der Waals surface area contributed by atoms with Crippen LogP contribution >= 0.6 is 11.6 Å². The lowest BCUT2D eigenvalue weighted by atomic mass is 10.3. The van der Waals surface area contributed by atoms with Crippen molar-refractivity contribution < 1.29 is 8.42 Å². The number of sulfonamides is 1. The molecule has 0 aliphatic carbocycles. The van der Waals surface area contributed by atoms with E-state index in [2.05, 4.69) is 17.2 Å². The molecule has 1 N–H and O–H groups in total. The van der Waals surface area contributed by atoms with Gasteiger partial charge in [0.05, 0.1) is 23.0 Å². The molecule has 0 aromatic carbocycles. The van der Waals surface area contributed by atoms with Crippen molar-refractivity contribution in [3.63, 3.8) is 0 Å². The summed E-state index contributed by atoms with van der Waals surface area (Å²) in [4.78, 5) is 4.39. The third kappa shape index (κ3) is 3.58. The molecule has 2 heterocycles. The number of hydrogen-bond acceptors (Lipinski definition) is 4. The molecule has 1 aromatic heterocycles. The second kappa shape index (κ2) is 6.07. The second-order valence-electron chi connectivity index (χ2n) is 4.55. The van der Waals surface area contributed by atoms with E-state index in [1.807, 2.05) is 0 Å². The summed E-state index contributed by atoms with van der Waals surface area (Å²) in [7, 11) is -3.12. The van der Waals surface area contributed by atoms with Gasteiger partial charge >= 0.3 is 0 Å². The predicted octanol–water partition coefficient (Wildman–Crippen LogP) is 2.09. The van der Waals surface area contributed by atoms with E-state index in [0.717, 1.165) is 18.8 Å². The van der Waals surface area contributed by atoms with Crippen molar-refractivity contribution in [3.8, 4) is 0 Å². The molecule has 19 heavy (non-hydrogen) atoms. The molecule has 1 saturated heterocycles. The minimum Gasteiger partial charge on any atom is -0.370 e. The lowest BCUT2D eigenvalue weighted by Crippen LogP contribution is -2.26. The molecule has 1 aliphatic heterocycles. The standard InChI is InChI=1S/C12H18ClN3O2S/c1-2-6-14-12-5-4-10(13)11(15-12)9-16-7-3-8-19(16,17)18/h4-5H,2-3,6-9H2,1H3,(H,14,15). The Balaban J connectivity index is 2.15. The fourth-order valence-electron chi connectivity index (χ4n) is 1.98. The van der Waals surface area contributed by atoms with Crippen LogP contribution in [0.2, 0.25) is 5.02 Å². The van der Waals surface area contributed by atoms with Crippen LogP contribution in [0.4, 0.5) is 5.82 Å². The molecule has 0 atom stereocenters. The zero-order chi connectivity index (χ0) is 13.9. The zero-order valence-electron chi connectivity index (χ0n) is 10.9. The van der Waals surface area contributed by atoms with Gasteiger partial charge in [-0.3, -0.25) is 0 Å². The van der Waals surface area contributed by atoms with Gasteiger partial charge in [-0.25, -0.2) is 13.4 Å². The van der Waals surface area contributed by atoms with E-state index in [9.17, 15) is 8.42 Å². The Bertz CT molecular complexity index is 548. The molecule has 2 rings (SSSR count). The van der Waals surface area contributed by atoms with E-state index in [-0.39, 0.29) is 12.3 Å². The van der Waals surface area contributed by atoms with E-state index in [1.54, 1.807) is 12.1 Å². The summed E-state index contributed by atoms with van der Waals surface area (Å²) in [6, 6.07) is 3.56. The van der Waals surface area contributed by atoms with Crippen LogP contribution in [0.25, 0.3) is 0 Å². The Kier molecular flexibility index (Phi) is 4.65. The molecular formula is C12H18ClN3O2S. The smallest absolute Gasteiger partial charge is 0.214 e. The molecule has 1 fully saturated rings. The highest BCUT2D eigenvalue weighted by Crippen LogP contribution is 2.22. The number of halogens is 1. The van der Waals surface area contributed by atoms with Crippen LogP contribution in [0.1, 0.15) is 25.5 Å². The maximum absolute atomic E-state index is 11.8. The van der Waals surface area contributed by atoms with E-state index in [0.29, 0.717) is 23.7 Å². The monoisotopic (exact) mass is 303 g/mol. The Hall–Kier alpha value is -0.850. The first-order valence-corrected chi connectivity index (χ1v) is 8.39. The lowest BCUT2D eigenvalue weighted by molar-refractivity contribution is 0.435. The quantitative estimate of drug-likeness (QED) is 0.905. The van der Waals surface area contributed by atoms with E-state index < -0.39 is 10.0 Å². The number of rotatable bonds is 5. The fraction of sp³-hybridized carbons (Fsp3) is 0.583. The number of aromatic nitrogens is 1. The number of hydrogen-bond donors (Lipinski definition) is 1. The molecule has 0 unspecified atom stereocenters. The number of pyridine rings is 1. The molecule has 1 aliphatic rings. The minimum absolute atomic E-state index is 0.221. The van der Waals surface area contributed by atoms with Gasteiger partial charge in [-0.15, -0.1) is 0 Å². The first kappa shape index (κ1) is 14.6. The van der Waals surface area contributed by atoms with Crippen molar-refractivity contribution in [2.45, 2.75) is 26.3 Å². The fourth-order valence-corrected chi connectivity index (χ4v) is 3.63. The first-order valence-electron chi connectivity index (χ1n) is 6.40. The number of nitrogens with zero attached hydrogens (tertiary/aromatic N) is 2. The van der Waals surface area contributed by atoms with Crippen LogP contribution in [0, 0.1) is 0 Å². The average molecular weight is 304 g/mol. The van der Waals surface area contributed by atoms with E-state index in [4.69, 9.17) is 11.6 Å². The maximum atomic E-state index is 11.8. The van der Waals surface area contributed by atoms with Crippen molar-refractivity contribution in [2.24, 2.45) is 0 Å². The van der Waals surface area contributed by atoms with Crippen molar-refractivity contribution in [1.82, 2.24) is 9.29 Å². The molecule has 0 radical (unpaired) electrons. The van der Waals surface area contributed by atoms with Gasteiger partial charge in [0.1, 0.15) is 5.82 Å². The molecule has 0 bridgehead atoms. The molecule has 5 nitrogen and oxygen atoms in total. The summed E-state index contributed by atoms with van der Waals surface area (Å²) in [6.07, 6.45) is 1.67. The van der Waals surface area contributed by atoms with Gasteiger partial charge in [-0.2, -0.15) is 4.31 Å². The summed E-state index contributed by atoms with van der Waals surface area (Å²) in [6.45, 7) is 3.70. The van der Waals surface area contributed by atoms with Crippen LogP contribution in [-0.4, -0.2) is 36.5 Å². The van der Waals surface area contributed by atoms with Gasteiger partial charge in [0.2, 0.25) is 10.0 Å². The molecular weight excluding hydrogens is 286 g/mol. The Morgan fingerprint density at radius 1 is 1.47 bits per heavy atom. The summed E-state index contributed by atoms with van der Waals surface area (Å²) in [5, 5.41) is 3.67. The first-order chi connectivity index (χ1) is 9.03. The largest absolute Gasteiger partial charge is 0.370 e. The van der Waals surface area contributed by atoms with E-state index in [1.165, 1.54) is 4.31 Å². The summed E-state index contributed by atoms with van der Waals surface area (Å²) >= 11 is 6.09. The highest BCUT2D eigenvalue weighted by atomic mass is 35.5. The average Bonchev–Trinajstić information content (AvgIpc) is 2.70.